The fraction of sp³-hybridized carbons (Fsp3) is 0.600. The second kappa shape index (κ2) is 7.50. The number of allylic oxidation sites excluding steroid dienone is 4. The molecule has 0 aromatic heterocycles. The highest BCUT2D eigenvalue weighted by Gasteiger charge is 2.41. The molecule has 0 aliphatic heterocycles. The van der Waals surface area contributed by atoms with Crippen LogP contribution in [0.25, 0.3) is 0 Å². The second-order valence-electron chi connectivity index (χ2n) is 9.66. The van der Waals surface area contributed by atoms with Gasteiger partial charge in [-0.25, -0.2) is 0 Å². The van der Waals surface area contributed by atoms with Crippen LogP contribution in [0.3, 0.4) is 0 Å². The van der Waals surface area contributed by atoms with Crippen LogP contribution in [0, 0.1) is 40.0 Å². The number of hydrogen-bond acceptors (Lipinski definition) is 0. The minimum atomic E-state index is -1.77. The van der Waals surface area contributed by atoms with E-state index in [-0.39, 0.29) is 5.41 Å². The Morgan fingerprint density at radius 3 is 1.81 bits per heavy atom. The molecule has 1 aromatic carbocycles. The summed E-state index contributed by atoms with van der Waals surface area (Å²) in [5, 5.41) is 3.46. The van der Waals surface area contributed by atoms with Gasteiger partial charge in [0, 0.05) is 0 Å². The van der Waals surface area contributed by atoms with E-state index < -0.39 is 8.07 Å². The van der Waals surface area contributed by atoms with Crippen LogP contribution in [0.4, 0.5) is 0 Å². The van der Waals surface area contributed by atoms with Crippen molar-refractivity contribution in [3.05, 3.63) is 50.7 Å². The molecule has 0 N–H and O–H groups in total. The molecule has 1 aliphatic carbocycles. The summed E-state index contributed by atoms with van der Waals surface area (Å²) in [5.74, 6) is 0. The van der Waals surface area contributed by atoms with Crippen LogP contribution in [0.1, 0.15) is 74.8 Å². The van der Waals surface area contributed by atoms with Crippen LogP contribution >= 0.6 is 0 Å². The van der Waals surface area contributed by atoms with E-state index in [1.54, 1.807) is 27.1 Å². The van der Waals surface area contributed by atoms with E-state index in [9.17, 15) is 0 Å². The summed E-state index contributed by atoms with van der Waals surface area (Å²) in [6.45, 7) is 23.9. The maximum atomic E-state index is 2.66. The van der Waals surface area contributed by atoms with Crippen LogP contribution in [0.5, 0.6) is 0 Å². The molecule has 0 saturated carbocycles. The Morgan fingerprint density at radius 2 is 1.35 bits per heavy atom. The van der Waals surface area contributed by atoms with E-state index >= 15 is 0 Å². The molecule has 0 radical (unpaired) electrons. The van der Waals surface area contributed by atoms with Crippen molar-refractivity contribution in [1.82, 2.24) is 0 Å². The summed E-state index contributed by atoms with van der Waals surface area (Å²) in [4.78, 5) is 0. The highest BCUT2D eigenvalue weighted by Crippen LogP contribution is 2.42. The molecule has 1 aromatic rings. The SMILES string of the molecule is CCCC[Si](C)(C1=CCC=C1C(C)(C)C)c1c(C)c(C)c(C)c(C)c1C. The highest BCUT2D eigenvalue weighted by atomic mass is 28.3. The van der Waals surface area contributed by atoms with Crippen molar-refractivity contribution in [2.75, 3.05) is 0 Å². The molecule has 0 heterocycles. The second-order valence-corrected chi connectivity index (χ2v) is 13.9. The zero-order valence-corrected chi connectivity index (χ0v) is 20.0. The predicted octanol–water partition coefficient (Wildman–Crippen LogP) is 7.16. The Hall–Kier alpha value is -1.08. The largest absolute Gasteiger partial charge is 0.115 e. The molecule has 0 amide bonds. The zero-order valence-electron chi connectivity index (χ0n) is 19.0. The maximum Gasteiger partial charge on any atom is 0.115 e. The Labute approximate surface area is 163 Å². The fourth-order valence-corrected chi connectivity index (χ4v) is 10.5. The quantitative estimate of drug-likeness (QED) is 0.484. The lowest BCUT2D eigenvalue weighted by Gasteiger charge is -2.39. The van der Waals surface area contributed by atoms with Crippen molar-refractivity contribution >= 4 is 13.3 Å². The fourth-order valence-electron chi connectivity index (χ4n) is 5.00. The molecule has 1 atom stereocenters. The van der Waals surface area contributed by atoms with Gasteiger partial charge in [0.2, 0.25) is 0 Å². The molecule has 0 saturated heterocycles. The molecule has 1 aliphatic rings. The van der Waals surface area contributed by atoms with Gasteiger partial charge < -0.3 is 0 Å². The number of hydrogen-bond donors (Lipinski definition) is 0. The van der Waals surface area contributed by atoms with Crippen molar-refractivity contribution in [3.8, 4) is 0 Å². The lowest BCUT2D eigenvalue weighted by atomic mass is 9.87. The topological polar surface area (TPSA) is 0 Å². The predicted molar refractivity (Wildman–Crippen MR) is 121 cm³/mol. The molecule has 2 rings (SSSR count). The summed E-state index contributed by atoms with van der Waals surface area (Å²) in [5.41, 5.74) is 9.50. The van der Waals surface area contributed by atoms with Crippen LogP contribution in [-0.4, -0.2) is 8.07 Å². The van der Waals surface area contributed by atoms with Crippen molar-refractivity contribution < 1.29 is 0 Å². The number of unbranched alkanes of at least 4 members (excludes halogenated alkanes) is 1. The summed E-state index contributed by atoms with van der Waals surface area (Å²) in [7, 11) is -1.77. The Bertz CT molecular complexity index is 726. The molecule has 1 unspecified atom stereocenters. The van der Waals surface area contributed by atoms with E-state index in [2.05, 4.69) is 81.0 Å². The zero-order chi connectivity index (χ0) is 19.9. The summed E-state index contributed by atoms with van der Waals surface area (Å²) < 4.78 is 0. The molecular weight excluding hydrogens is 328 g/mol. The van der Waals surface area contributed by atoms with E-state index in [1.807, 2.05) is 0 Å². The van der Waals surface area contributed by atoms with Gasteiger partial charge in [0.05, 0.1) is 0 Å². The van der Waals surface area contributed by atoms with Gasteiger partial charge in [0.1, 0.15) is 8.07 Å². The third-order valence-corrected chi connectivity index (χ3v) is 11.8. The molecule has 0 nitrogen and oxygen atoms in total. The Balaban J connectivity index is 2.76. The van der Waals surface area contributed by atoms with Crippen molar-refractivity contribution in [2.24, 2.45) is 5.41 Å². The van der Waals surface area contributed by atoms with Gasteiger partial charge in [0.15, 0.2) is 0 Å². The smallest absolute Gasteiger partial charge is 0.0808 e. The molecule has 0 bridgehead atoms. The molecule has 1 heteroatoms. The van der Waals surface area contributed by atoms with Crippen molar-refractivity contribution in [2.45, 2.75) is 94.2 Å². The standard InChI is InChI=1S/C25H40Si/c1-11-12-16-26(10,23-15-13-14-22(23)25(7,8)9)24-20(5)18(3)17(2)19(4)21(24)6/h14-15H,11-13,16H2,1-10H3. The first-order valence-electron chi connectivity index (χ1n) is 10.5. The Morgan fingerprint density at radius 1 is 0.846 bits per heavy atom. The van der Waals surface area contributed by atoms with E-state index in [4.69, 9.17) is 0 Å². The molecule has 0 spiro atoms. The van der Waals surface area contributed by atoms with Crippen LogP contribution < -0.4 is 5.19 Å². The first-order valence-corrected chi connectivity index (χ1v) is 13.2. The van der Waals surface area contributed by atoms with E-state index in [1.165, 1.54) is 35.6 Å². The Kier molecular flexibility index (Phi) is 6.12. The monoisotopic (exact) mass is 368 g/mol. The molecule has 0 fully saturated rings. The third kappa shape index (κ3) is 3.52. The van der Waals surface area contributed by atoms with Gasteiger partial charge in [-0.15, -0.1) is 0 Å². The summed E-state index contributed by atoms with van der Waals surface area (Å²) >= 11 is 0. The van der Waals surface area contributed by atoms with Crippen LogP contribution in [0.15, 0.2) is 22.9 Å². The van der Waals surface area contributed by atoms with Gasteiger partial charge in [-0.3, -0.25) is 0 Å². The van der Waals surface area contributed by atoms with Gasteiger partial charge in [-0.2, -0.15) is 0 Å². The van der Waals surface area contributed by atoms with Crippen molar-refractivity contribution in [3.63, 3.8) is 0 Å². The first-order chi connectivity index (χ1) is 12.0. The molecule has 26 heavy (non-hydrogen) atoms. The summed E-state index contributed by atoms with van der Waals surface area (Å²) in [6, 6.07) is 1.37. The minimum Gasteiger partial charge on any atom is -0.0808 e. The van der Waals surface area contributed by atoms with Crippen LogP contribution in [-0.2, 0) is 0 Å². The minimum absolute atomic E-state index is 0.236. The molecule has 144 valence electrons. The van der Waals surface area contributed by atoms with E-state index in [0.717, 1.165) is 6.42 Å². The molecular formula is C25H40Si. The normalized spacial score (nSPS) is 17.2. The van der Waals surface area contributed by atoms with Gasteiger partial charge in [-0.1, -0.05) is 64.4 Å². The van der Waals surface area contributed by atoms with Gasteiger partial charge in [-0.05, 0) is 91.1 Å². The maximum absolute atomic E-state index is 2.66. The lowest BCUT2D eigenvalue weighted by Crippen LogP contribution is -2.51. The van der Waals surface area contributed by atoms with Gasteiger partial charge in [0.25, 0.3) is 0 Å². The van der Waals surface area contributed by atoms with Crippen molar-refractivity contribution in [1.29, 1.82) is 0 Å². The number of rotatable bonds is 5. The summed E-state index contributed by atoms with van der Waals surface area (Å²) in [6.07, 6.45) is 8.82. The highest BCUT2D eigenvalue weighted by molar-refractivity contribution is 6.98. The lowest BCUT2D eigenvalue weighted by molar-refractivity contribution is 0.515. The van der Waals surface area contributed by atoms with Gasteiger partial charge >= 0.3 is 0 Å². The third-order valence-electron chi connectivity index (χ3n) is 6.92. The van der Waals surface area contributed by atoms with E-state index in [0.29, 0.717) is 0 Å². The average molecular weight is 369 g/mol. The average Bonchev–Trinajstić information content (AvgIpc) is 3.07. The van der Waals surface area contributed by atoms with Crippen LogP contribution in [0.2, 0.25) is 12.6 Å². The number of benzene rings is 1. The first kappa shape index (κ1) is 21.2.